The van der Waals surface area contributed by atoms with Crippen LogP contribution >= 0.6 is 24.0 Å². The number of halogens is 2. The van der Waals surface area contributed by atoms with Gasteiger partial charge in [-0.05, 0) is 43.7 Å². The number of amides is 1. The standard InChI is InChI=1S/C15H23ClN2O3S.ClH/c16-13-6-8-14(9-7-13)22(20,21)12-11-18-15(19)5-3-1-2-4-10-17;/h6-9H,1-5,10-12,17H2,(H,18,19);1H. The van der Waals surface area contributed by atoms with E-state index in [1.165, 1.54) is 24.3 Å². The number of nitrogens with two attached hydrogens (primary N) is 1. The highest BCUT2D eigenvalue weighted by atomic mass is 35.5. The minimum absolute atomic E-state index is 0. The smallest absolute Gasteiger partial charge is 0.220 e. The first-order valence-corrected chi connectivity index (χ1v) is 9.44. The molecule has 0 radical (unpaired) electrons. The topological polar surface area (TPSA) is 89.3 Å². The summed E-state index contributed by atoms with van der Waals surface area (Å²) in [6, 6.07) is 6.01. The molecular formula is C15H24Cl2N2O3S. The van der Waals surface area contributed by atoms with Gasteiger partial charge in [-0.3, -0.25) is 4.79 Å². The highest BCUT2D eigenvalue weighted by molar-refractivity contribution is 7.91. The molecule has 3 N–H and O–H groups in total. The highest BCUT2D eigenvalue weighted by Crippen LogP contribution is 2.15. The van der Waals surface area contributed by atoms with E-state index in [0.717, 1.165) is 25.7 Å². The molecule has 0 fully saturated rings. The van der Waals surface area contributed by atoms with Gasteiger partial charge < -0.3 is 11.1 Å². The van der Waals surface area contributed by atoms with Crippen LogP contribution in [0.4, 0.5) is 0 Å². The molecule has 1 rings (SSSR count). The molecule has 0 saturated carbocycles. The average Bonchev–Trinajstić information content (AvgIpc) is 2.47. The second-order valence-electron chi connectivity index (χ2n) is 5.08. The molecule has 0 aliphatic rings. The van der Waals surface area contributed by atoms with Crippen molar-refractivity contribution >= 4 is 39.8 Å². The van der Waals surface area contributed by atoms with Gasteiger partial charge in [0, 0.05) is 18.0 Å². The fourth-order valence-electron chi connectivity index (χ4n) is 1.96. The van der Waals surface area contributed by atoms with E-state index in [1.807, 2.05) is 0 Å². The number of hydrogen-bond donors (Lipinski definition) is 2. The molecule has 1 amide bonds. The number of sulfone groups is 1. The molecule has 0 bridgehead atoms. The minimum atomic E-state index is -3.39. The van der Waals surface area contributed by atoms with Gasteiger partial charge in [-0.25, -0.2) is 8.42 Å². The summed E-state index contributed by atoms with van der Waals surface area (Å²) in [6.45, 7) is 0.793. The van der Waals surface area contributed by atoms with Crippen LogP contribution in [0.15, 0.2) is 29.2 Å². The molecule has 1 aromatic carbocycles. The predicted molar refractivity (Wildman–Crippen MR) is 95.9 cm³/mol. The Morgan fingerprint density at radius 3 is 2.30 bits per heavy atom. The lowest BCUT2D eigenvalue weighted by atomic mass is 10.1. The number of unbranched alkanes of at least 4 members (excludes halogenated alkanes) is 3. The fourth-order valence-corrected chi connectivity index (χ4v) is 3.24. The Hall–Kier alpha value is -0.820. The number of benzene rings is 1. The Kier molecular flexibility index (Phi) is 11.3. The van der Waals surface area contributed by atoms with Gasteiger partial charge in [0.15, 0.2) is 9.84 Å². The second-order valence-corrected chi connectivity index (χ2v) is 7.62. The minimum Gasteiger partial charge on any atom is -0.355 e. The molecule has 132 valence electrons. The maximum Gasteiger partial charge on any atom is 0.220 e. The zero-order chi connectivity index (χ0) is 16.4. The molecule has 0 spiro atoms. The molecule has 0 aliphatic carbocycles. The summed E-state index contributed by atoms with van der Waals surface area (Å²) in [7, 11) is -3.39. The quantitative estimate of drug-likeness (QED) is 0.608. The summed E-state index contributed by atoms with van der Waals surface area (Å²) in [6.07, 6.45) is 4.19. The SMILES string of the molecule is Cl.NCCCCCCC(=O)NCCS(=O)(=O)c1ccc(Cl)cc1. The third kappa shape index (κ3) is 9.15. The molecule has 1 aromatic rings. The first kappa shape index (κ1) is 22.2. The average molecular weight is 383 g/mol. The van der Waals surface area contributed by atoms with E-state index < -0.39 is 9.84 Å². The molecule has 0 saturated heterocycles. The van der Waals surface area contributed by atoms with Crippen LogP contribution in [0.25, 0.3) is 0 Å². The van der Waals surface area contributed by atoms with Crippen LogP contribution < -0.4 is 11.1 Å². The van der Waals surface area contributed by atoms with Crippen molar-refractivity contribution in [3.05, 3.63) is 29.3 Å². The van der Waals surface area contributed by atoms with Gasteiger partial charge >= 0.3 is 0 Å². The Morgan fingerprint density at radius 2 is 1.70 bits per heavy atom. The molecular weight excluding hydrogens is 359 g/mol. The van der Waals surface area contributed by atoms with E-state index in [1.54, 1.807) is 0 Å². The summed E-state index contributed by atoms with van der Waals surface area (Å²) in [5.41, 5.74) is 5.39. The monoisotopic (exact) mass is 382 g/mol. The van der Waals surface area contributed by atoms with Crippen molar-refractivity contribution in [3.63, 3.8) is 0 Å². The van der Waals surface area contributed by atoms with Gasteiger partial charge in [-0.2, -0.15) is 0 Å². The number of carbonyl (C=O) groups is 1. The maximum absolute atomic E-state index is 12.1. The van der Waals surface area contributed by atoms with E-state index in [4.69, 9.17) is 17.3 Å². The van der Waals surface area contributed by atoms with Gasteiger partial charge in [0.1, 0.15) is 0 Å². The summed E-state index contributed by atoms with van der Waals surface area (Å²) in [4.78, 5) is 11.8. The summed E-state index contributed by atoms with van der Waals surface area (Å²) in [5, 5.41) is 3.13. The van der Waals surface area contributed by atoms with Crippen LogP contribution in [0.3, 0.4) is 0 Å². The van der Waals surface area contributed by atoms with Crippen molar-refractivity contribution in [3.8, 4) is 0 Å². The maximum atomic E-state index is 12.1. The molecule has 0 aliphatic heterocycles. The zero-order valence-corrected chi connectivity index (χ0v) is 15.4. The van der Waals surface area contributed by atoms with Crippen molar-refractivity contribution in [1.29, 1.82) is 0 Å². The summed E-state index contributed by atoms with van der Waals surface area (Å²) in [5.74, 6) is -0.230. The number of nitrogens with one attached hydrogen (secondary N) is 1. The molecule has 8 heteroatoms. The first-order valence-electron chi connectivity index (χ1n) is 7.41. The van der Waals surface area contributed by atoms with E-state index in [2.05, 4.69) is 5.32 Å². The molecule has 0 atom stereocenters. The van der Waals surface area contributed by atoms with Crippen LogP contribution in [-0.4, -0.2) is 33.2 Å². The lowest BCUT2D eigenvalue weighted by Crippen LogP contribution is -2.28. The van der Waals surface area contributed by atoms with Crippen molar-refractivity contribution in [2.24, 2.45) is 5.73 Å². The lowest BCUT2D eigenvalue weighted by Gasteiger charge is -2.07. The van der Waals surface area contributed by atoms with E-state index in [0.29, 0.717) is 18.0 Å². The Morgan fingerprint density at radius 1 is 1.09 bits per heavy atom. The number of hydrogen-bond acceptors (Lipinski definition) is 4. The Balaban J connectivity index is 0.00000484. The molecule has 5 nitrogen and oxygen atoms in total. The molecule has 0 heterocycles. The summed E-state index contributed by atoms with van der Waals surface area (Å²) >= 11 is 5.73. The van der Waals surface area contributed by atoms with Gasteiger partial charge in [0.05, 0.1) is 10.6 Å². The van der Waals surface area contributed by atoms with E-state index in [9.17, 15) is 13.2 Å². The predicted octanol–water partition coefficient (Wildman–Crippen LogP) is 2.56. The highest BCUT2D eigenvalue weighted by Gasteiger charge is 2.14. The van der Waals surface area contributed by atoms with Gasteiger partial charge in [0.2, 0.25) is 5.91 Å². The van der Waals surface area contributed by atoms with Crippen molar-refractivity contribution in [2.45, 2.75) is 37.0 Å². The van der Waals surface area contributed by atoms with Gasteiger partial charge in [-0.1, -0.05) is 24.4 Å². The second kappa shape index (κ2) is 11.7. The van der Waals surface area contributed by atoms with Gasteiger partial charge in [0.25, 0.3) is 0 Å². The number of rotatable bonds is 10. The lowest BCUT2D eigenvalue weighted by molar-refractivity contribution is -0.121. The Labute approximate surface area is 149 Å². The normalized spacial score (nSPS) is 10.9. The van der Waals surface area contributed by atoms with Gasteiger partial charge in [-0.15, -0.1) is 12.4 Å². The van der Waals surface area contributed by atoms with E-state index >= 15 is 0 Å². The first-order chi connectivity index (χ1) is 10.5. The van der Waals surface area contributed by atoms with Crippen molar-refractivity contribution in [2.75, 3.05) is 18.8 Å². The van der Waals surface area contributed by atoms with Crippen molar-refractivity contribution in [1.82, 2.24) is 5.32 Å². The summed E-state index contributed by atoms with van der Waals surface area (Å²) < 4.78 is 24.1. The Bertz CT molecular complexity index is 563. The van der Waals surface area contributed by atoms with Crippen LogP contribution in [0, 0.1) is 0 Å². The zero-order valence-electron chi connectivity index (χ0n) is 13.0. The van der Waals surface area contributed by atoms with E-state index in [-0.39, 0.29) is 35.5 Å². The number of carbonyl (C=O) groups excluding carboxylic acids is 1. The van der Waals surface area contributed by atoms with Crippen LogP contribution in [0.5, 0.6) is 0 Å². The van der Waals surface area contributed by atoms with Crippen LogP contribution in [0.1, 0.15) is 32.1 Å². The van der Waals surface area contributed by atoms with Crippen LogP contribution in [0.2, 0.25) is 5.02 Å². The molecule has 23 heavy (non-hydrogen) atoms. The third-order valence-electron chi connectivity index (χ3n) is 3.22. The van der Waals surface area contributed by atoms with Crippen molar-refractivity contribution < 1.29 is 13.2 Å². The third-order valence-corrected chi connectivity index (χ3v) is 5.21. The fraction of sp³-hybridized carbons (Fsp3) is 0.533. The largest absolute Gasteiger partial charge is 0.355 e. The molecule has 0 unspecified atom stereocenters. The molecule has 0 aromatic heterocycles. The van der Waals surface area contributed by atoms with Crippen LogP contribution in [-0.2, 0) is 14.6 Å².